The topological polar surface area (TPSA) is 69.4 Å². The van der Waals surface area contributed by atoms with Crippen molar-refractivity contribution in [2.45, 2.75) is 64.1 Å². The highest BCUT2D eigenvalue weighted by atomic mass is 16.5. The normalized spacial score (nSPS) is 21.8. The fourth-order valence-corrected chi connectivity index (χ4v) is 8.05. The lowest BCUT2D eigenvalue weighted by molar-refractivity contribution is -0.128. The molecule has 1 amide bonds. The van der Waals surface area contributed by atoms with E-state index in [0.29, 0.717) is 50.3 Å². The number of ether oxygens (including phenoxy) is 1. The van der Waals surface area contributed by atoms with E-state index >= 15 is 0 Å². The lowest BCUT2D eigenvalue weighted by atomic mass is 9.99. The first-order chi connectivity index (χ1) is 22.4. The number of carbonyl (C=O) groups excluding carboxylic acids is 1. The van der Waals surface area contributed by atoms with Crippen LogP contribution in [0.1, 0.15) is 48.9 Å². The number of rotatable bonds is 9. The average Bonchev–Trinajstić information content (AvgIpc) is 3.71. The average molecular weight is 620 g/mol. The van der Waals surface area contributed by atoms with Crippen molar-refractivity contribution < 1.29 is 9.53 Å². The van der Waals surface area contributed by atoms with E-state index in [2.05, 4.69) is 76.5 Å². The van der Waals surface area contributed by atoms with Gasteiger partial charge in [0.15, 0.2) is 0 Å². The van der Waals surface area contributed by atoms with Crippen LogP contribution in [-0.4, -0.2) is 90.7 Å². The highest BCUT2D eigenvalue weighted by Gasteiger charge is 2.48. The molecule has 0 radical (unpaired) electrons. The summed E-state index contributed by atoms with van der Waals surface area (Å²) in [5, 5.41) is 2.53. The Morgan fingerprint density at radius 3 is 2.74 bits per heavy atom. The zero-order chi connectivity index (χ0) is 31.8. The van der Waals surface area contributed by atoms with Gasteiger partial charge in [0, 0.05) is 55.4 Å². The number of amides is 1. The largest absolute Gasteiger partial charge is 0.462 e. The van der Waals surface area contributed by atoms with Crippen LogP contribution in [-0.2, 0) is 17.8 Å². The summed E-state index contributed by atoms with van der Waals surface area (Å²) in [6, 6.07) is 13.8. The quantitative estimate of drug-likeness (QED) is 0.239. The Kier molecular flexibility index (Phi) is 8.33. The van der Waals surface area contributed by atoms with E-state index in [1.54, 1.807) is 4.90 Å². The van der Waals surface area contributed by atoms with E-state index in [1.165, 1.54) is 60.2 Å². The fourth-order valence-electron chi connectivity index (χ4n) is 8.05. The lowest BCUT2D eigenvalue weighted by Gasteiger charge is -2.41. The van der Waals surface area contributed by atoms with Crippen molar-refractivity contribution in [3.8, 4) is 6.01 Å². The minimum absolute atomic E-state index is 0.123. The van der Waals surface area contributed by atoms with E-state index in [-0.39, 0.29) is 18.5 Å². The summed E-state index contributed by atoms with van der Waals surface area (Å²) in [6.07, 6.45) is 8.93. The van der Waals surface area contributed by atoms with Crippen molar-refractivity contribution in [3.05, 3.63) is 77.3 Å². The third kappa shape index (κ3) is 5.91. The fraction of sp³-hybridized carbons (Fsp3) is 0.514. The molecule has 1 unspecified atom stereocenters. The minimum Gasteiger partial charge on any atom is -0.462 e. The number of hydrogen-bond acceptors (Lipinski definition) is 7. The van der Waals surface area contributed by atoms with Gasteiger partial charge >= 0.3 is 6.01 Å². The molecule has 46 heavy (non-hydrogen) atoms. The van der Waals surface area contributed by atoms with Gasteiger partial charge in [-0.05, 0) is 81.0 Å². The molecule has 3 aromatic rings. The zero-order valence-electron chi connectivity index (χ0n) is 27.2. The van der Waals surface area contributed by atoms with Crippen LogP contribution in [0.2, 0.25) is 0 Å². The summed E-state index contributed by atoms with van der Waals surface area (Å²) >= 11 is 0. The van der Waals surface area contributed by atoms with Gasteiger partial charge in [0.25, 0.3) is 0 Å². The molecule has 7 rings (SSSR count). The van der Waals surface area contributed by atoms with E-state index in [1.807, 2.05) is 0 Å². The first kappa shape index (κ1) is 30.5. The van der Waals surface area contributed by atoms with Gasteiger partial charge in [-0.25, -0.2) is 6.57 Å². The Labute approximate surface area is 272 Å². The third-order valence-electron chi connectivity index (χ3n) is 10.9. The van der Waals surface area contributed by atoms with E-state index < -0.39 is 0 Å². The van der Waals surface area contributed by atoms with Crippen molar-refractivity contribution >= 4 is 28.2 Å². The van der Waals surface area contributed by atoms with Crippen LogP contribution >= 0.6 is 0 Å². The van der Waals surface area contributed by atoms with Gasteiger partial charge in [-0.2, -0.15) is 9.97 Å². The molecule has 1 spiro atoms. The number of aryl methyl sites for hydroxylation is 1. The van der Waals surface area contributed by atoms with Gasteiger partial charge in [-0.3, -0.25) is 4.79 Å². The molecule has 2 aliphatic carbocycles. The van der Waals surface area contributed by atoms with Crippen LogP contribution < -0.4 is 14.5 Å². The Morgan fingerprint density at radius 2 is 1.98 bits per heavy atom. The lowest BCUT2D eigenvalue weighted by Crippen LogP contribution is -2.56. The highest BCUT2D eigenvalue weighted by Crippen LogP contribution is 2.58. The number of benzene rings is 2. The molecule has 0 N–H and O–H groups in total. The Bertz CT molecular complexity index is 1670. The maximum atomic E-state index is 12.6. The number of aromatic nitrogens is 2. The van der Waals surface area contributed by atoms with Gasteiger partial charge in [0.1, 0.15) is 18.5 Å². The second kappa shape index (κ2) is 12.6. The SMILES string of the molecule is [C-]#[N+]C[C@H]1CN(c2nc(OCCN(C)C3CCC4(CC4)C3)nc3c2CCN(c2cccc4cccc(C)c24)C3)CCN1C(=O)C=C. The number of nitrogens with zero attached hydrogens (tertiary/aromatic N) is 7. The second-order valence-electron chi connectivity index (χ2n) is 13.8. The van der Waals surface area contributed by atoms with Crippen molar-refractivity contribution in [2.75, 3.05) is 62.7 Å². The van der Waals surface area contributed by atoms with Gasteiger partial charge in [0.2, 0.25) is 12.5 Å². The molecule has 9 nitrogen and oxygen atoms in total. The molecule has 9 heteroatoms. The van der Waals surface area contributed by atoms with Gasteiger partial charge in [-0.1, -0.05) is 36.9 Å². The Morgan fingerprint density at radius 1 is 1.15 bits per heavy atom. The maximum absolute atomic E-state index is 12.6. The summed E-state index contributed by atoms with van der Waals surface area (Å²) in [5.41, 5.74) is 5.27. The van der Waals surface area contributed by atoms with Crippen LogP contribution in [0.15, 0.2) is 49.1 Å². The van der Waals surface area contributed by atoms with Gasteiger partial charge in [-0.15, -0.1) is 0 Å². The predicted octanol–water partition coefficient (Wildman–Crippen LogP) is 5.27. The van der Waals surface area contributed by atoms with Crippen molar-refractivity contribution in [1.82, 2.24) is 19.8 Å². The summed E-state index contributed by atoms with van der Waals surface area (Å²) in [7, 11) is 2.22. The van der Waals surface area contributed by atoms with Crippen molar-refractivity contribution in [3.63, 3.8) is 0 Å². The number of likely N-dealkylation sites (N-methyl/N-ethyl adjacent to an activating group) is 1. The predicted molar refractivity (Wildman–Crippen MR) is 182 cm³/mol. The molecule has 3 heterocycles. The third-order valence-corrected chi connectivity index (χ3v) is 10.9. The monoisotopic (exact) mass is 619 g/mol. The summed E-state index contributed by atoms with van der Waals surface area (Å²) in [4.78, 5) is 35.3. The molecule has 2 aliphatic heterocycles. The zero-order valence-corrected chi connectivity index (χ0v) is 27.2. The first-order valence-corrected chi connectivity index (χ1v) is 16.9. The molecular formula is C37H45N7O2. The van der Waals surface area contributed by atoms with Crippen molar-refractivity contribution in [1.29, 1.82) is 0 Å². The molecule has 0 bridgehead atoms. The molecule has 2 atom stereocenters. The highest BCUT2D eigenvalue weighted by molar-refractivity contribution is 5.97. The molecule has 1 aromatic heterocycles. The van der Waals surface area contributed by atoms with Crippen LogP contribution in [0.5, 0.6) is 6.01 Å². The minimum atomic E-state index is -0.222. The molecule has 2 saturated carbocycles. The summed E-state index contributed by atoms with van der Waals surface area (Å²) in [5.74, 6) is 0.760. The Balaban J connectivity index is 1.16. The second-order valence-corrected chi connectivity index (χ2v) is 13.8. The number of hydrogen-bond donors (Lipinski definition) is 0. The Hall–Kier alpha value is -4.16. The van der Waals surface area contributed by atoms with E-state index in [0.717, 1.165) is 36.6 Å². The van der Waals surface area contributed by atoms with Gasteiger partial charge in [0.05, 0.1) is 12.2 Å². The molecule has 3 fully saturated rings. The van der Waals surface area contributed by atoms with E-state index in [4.69, 9.17) is 21.3 Å². The molecular weight excluding hydrogens is 574 g/mol. The van der Waals surface area contributed by atoms with E-state index in [9.17, 15) is 4.79 Å². The summed E-state index contributed by atoms with van der Waals surface area (Å²) in [6.45, 7) is 18.2. The van der Waals surface area contributed by atoms with Crippen LogP contribution in [0.25, 0.3) is 15.6 Å². The molecule has 1 saturated heterocycles. The van der Waals surface area contributed by atoms with Crippen LogP contribution in [0.3, 0.4) is 0 Å². The van der Waals surface area contributed by atoms with Crippen LogP contribution in [0, 0.1) is 18.9 Å². The smallest absolute Gasteiger partial charge is 0.318 e. The summed E-state index contributed by atoms with van der Waals surface area (Å²) < 4.78 is 6.35. The molecule has 2 aromatic carbocycles. The standard InChI is InChI=1S/C37H45N7O2/c1-5-33(45)44-19-18-43(24-29(44)23-38-3)35-30-13-17-42(32-11-7-10-27-9-6-8-26(2)34(27)32)25-31(30)39-36(40-35)46-21-20-41(4)28-12-14-37(22-28)15-16-37/h5-11,28-29H,1,12-25H2,2,4H3/t28?,29-/m0/s1. The number of carbonyl (C=O) groups is 1. The van der Waals surface area contributed by atoms with Crippen molar-refractivity contribution in [2.24, 2.45) is 5.41 Å². The molecule has 240 valence electrons. The maximum Gasteiger partial charge on any atom is 0.318 e. The van der Waals surface area contributed by atoms with Gasteiger partial charge < -0.3 is 29.2 Å². The number of fused-ring (bicyclic) bond motifs is 2. The van der Waals surface area contributed by atoms with Crippen LogP contribution in [0.4, 0.5) is 11.5 Å². The number of anilines is 2. The number of piperazine rings is 1. The molecule has 4 aliphatic rings. The first-order valence-electron chi connectivity index (χ1n) is 16.9.